The Bertz CT molecular complexity index is 847. The molecule has 164 valence electrons. The van der Waals surface area contributed by atoms with Crippen molar-refractivity contribution >= 4 is 30.8 Å². The normalized spacial score (nSPS) is 23.2. The Morgan fingerprint density at radius 1 is 1.03 bits per heavy atom. The first-order valence-electron chi connectivity index (χ1n) is 9.83. The van der Waals surface area contributed by atoms with Crippen molar-refractivity contribution in [2.24, 2.45) is 11.8 Å². The second-order valence-corrected chi connectivity index (χ2v) is 7.97. The summed E-state index contributed by atoms with van der Waals surface area (Å²) in [5.41, 5.74) is 3.15. The first-order valence-corrected chi connectivity index (χ1v) is 9.83. The van der Waals surface area contributed by atoms with Crippen LogP contribution in [0.3, 0.4) is 0 Å². The standard InChI is InChI=1S/C23H28N2O3.2ClH/c1-24-13-19-14-25(12-16-5-4-6-18(11-16)23(26)28-3)15-21(19)22(24)17-7-9-20(27-2)10-8-17;;/h4-11,19,21-22H,12-15H2,1-3H3;2*1H/t19-,21+,22+;;/m0../s1. The lowest BCUT2D eigenvalue weighted by molar-refractivity contribution is 0.0600. The summed E-state index contributed by atoms with van der Waals surface area (Å²) in [6.07, 6.45) is 0. The summed E-state index contributed by atoms with van der Waals surface area (Å²) in [7, 11) is 5.36. The van der Waals surface area contributed by atoms with E-state index in [1.54, 1.807) is 7.11 Å². The fraction of sp³-hybridized carbons (Fsp3) is 0.435. The summed E-state index contributed by atoms with van der Waals surface area (Å²) in [5.74, 6) is 1.93. The number of fused-ring (bicyclic) bond motifs is 1. The average Bonchev–Trinajstić information content (AvgIpc) is 3.23. The second kappa shape index (κ2) is 10.5. The molecular weight excluding hydrogens is 423 g/mol. The first kappa shape index (κ1) is 24.5. The number of esters is 1. The van der Waals surface area contributed by atoms with Gasteiger partial charge in [-0.15, -0.1) is 24.8 Å². The maximum absolute atomic E-state index is 11.8. The molecule has 0 radical (unpaired) electrons. The van der Waals surface area contributed by atoms with E-state index in [1.165, 1.54) is 12.7 Å². The molecule has 0 amide bonds. The first-order chi connectivity index (χ1) is 13.6. The van der Waals surface area contributed by atoms with Gasteiger partial charge in [0, 0.05) is 32.2 Å². The third-order valence-electron chi connectivity index (χ3n) is 6.18. The van der Waals surface area contributed by atoms with Gasteiger partial charge in [0.15, 0.2) is 0 Å². The van der Waals surface area contributed by atoms with Crippen molar-refractivity contribution < 1.29 is 14.3 Å². The van der Waals surface area contributed by atoms with Gasteiger partial charge in [0.05, 0.1) is 19.8 Å². The molecule has 5 nitrogen and oxygen atoms in total. The van der Waals surface area contributed by atoms with Crippen LogP contribution in [-0.2, 0) is 11.3 Å². The van der Waals surface area contributed by atoms with Crippen molar-refractivity contribution in [3.05, 3.63) is 65.2 Å². The van der Waals surface area contributed by atoms with Gasteiger partial charge in [-0.3, -0.25) is 9.80 Å². The second-order valence-electron chi connectivity index (χ2n) is 7.97. The van der Waals surface area contributed by atoms with Crippen molar-refractivity contribution in [2.45, 2.75) is 12.6 Å². The van der Waals surface area contributed by atoms with Crippen LogP contribution in [0.4, 0.5) is 0 Å². The molecule has 30 heavy (non-hydrogen) atoms. The molecule has 7 heteroatoms. The van der Waals surface area contributed by atoms with Gasteiger partial charge in [-0.05, 0) is 54.3 Å². The van der Waals surface area contributed by atoms with Crippen molar-refractivity contribution in [2.75, 3.05) is 40.9 Å². The zero-order valence-corrected chi connectivity index (χ0v) is 19.2. The number of likely N-dealkylation sites (tertiary alicyclic amines) is 2. The zero-order chi connectivity index (χ0) is 19.7. The van der Waals surface area contributed by atoms with E-state index in [0.717, 1.165) is 37.5 Å². The highest BCUT2D eigenvalue weighted by molar-refractivity contribution is 5.89. The largest absolute Gasteiger partial charge is 0.497 e. The highest BCUT2D eigenvalue weighted by atomic mass is 35.5. The number of carbonyl (C=O) groups excluding carboxylic acids is 1. The number of rotatable bonds is 5. The molecule has 0 N–H and O–H groups in total. The van der Waals surface area contributed by atoms with Crippen LogP contribution in [0.2, 0.25) is 0 Å². The molecule has 2 aromatic carbocycles. The summed E-state index contributed by atoms with van der Waals surface area (Å²) in [4.78, 5) is 16.8. The Hall–Kier alpha value is -1.79. The van der Waals surface area contributed by atoms with Crippen LogP contribution in [0.5, 0.6) is 5.75 Å². The van der Waals surface area contributed by atoms with Gasteiger partial charge in [0.25, 0.3) is 0 Å². The maximum Gasteiger partial charge on any atom is 0.337 e. The van der Waals surface area contributed by atoms with Gasteiger partial charge >= 0.3 is 5.97 Å². The molecule has 0 unspecified atom stereocenters. The van der Waals surface area contributed by atoms with E-state index in [1.807, 2.05) is 18.2 Å². The van der Waals surface area contributed by atoms with E-state index in [4.69, 9.17) is 9.47 Å². The van der Waals surface area contributed by atoms with E-state index in [-0.39, 0.29) is 30.8 Å². The molecule has 2 heterocycles. The number of hydrogen-bond donors (Lipinski definition) is 0. The highest BCUT2D eigenvalue weighted by Gasteiger charge is 2.45. The minimum absolute atomic E-state index is 0. The molecule has 2 aliphatic heterocycles. The average molecular weight is 453 g/mol. The van der Waals surface area contributed by atoms with Crippen molar-refractivity contribution in [1.29, 1.82) is 0 Å². The fourth-order valence-electron chi connectivity index (χ4n) is 4.95. The quantitative estimate of drug-likeness (QED) is 0.639. The summed E-state index contributed by atoms with van der Waals surface area (Å²) < 4.78 is 10.2. The van der Waals surface area contributed by atoms with Crippen LogP contribution in [0.25, 0.3) is 0 Å². The van der Waals surface area contributed by atoms with Gasteiger partial charge in [-0.25, -0.2) is 4.79 Å². The third kappa shape index (κ3) is 4.92. The summed E-state index contributed by atoms with van der Waals surface area (Å²) in [5, 5.41) is 0. The predicted octanol–water partition coefficient (Wildman–Crippen LogP) is 4.06. The lowest BCUT2D eigenvalue weighted by atomic mass is 9.89. The lowest BCUT2D eigenvalue weighted by Gasteiger charge is -2.27. The van der Waals surface area contributed by atoms with Gasteiger partial charge < -0.3 is 9.47 Å². The highest BCUT2D eigenvalue weighted by Crippen LogP contribution is 2.44. The maximum atomic E-state index is 11.8. The molecule has 2 saturated heterocycles. The van der Waals surface area contributed by atoms with Gasteiger partial charge in [0.2, 0.25) is 0 Å². The van der Waals surface area contributed by atoms with E-state index in [0.29, 0.717) is 23.4 Å². The molecule has 0 saturated carbocycles. The SMILES string of the molecule is COC(=O)c1cccc(CN2C[C@@H]3CN(C)[C@H](c4ccc(OC)cc4)[C@@H]3C2)c1.Cl.Cl. The summed E-state index contributed by atoms with van der Waals surface area (Å²) in [6.45, 7) is 4.18. The topological polar surface area (TPSA) is 42.0 Å². The van der Waals surface area contributed by atoms with Crippen molar-refractivity contribution in [1.82, 2.24) is 9.80 Å². The van der Waals surface area contributed by atoms with Gasteiger partial charge in [-0.2, -0.15) is 0 Å². The minimum Gasteiger partial charge on any atom is -0.497 e. The smallest absolute Gasteiger partial charge is 0.337 e. The van der Waals surface area contributed by atoms with E-state index in [9.17, 15) is 4.79 Å². The zero-order valence-electron chi connectivity index (χ0n) is 17.6. The monoisotopic (exact) mass is 452 g/mol. The Balaban J connectivity index is 0.00000160. The molecular formula is C23H30Cl2N2O3. The molecule has 2 fully saturated rings. The van der Waals surface area contributed by atoms with E-state index < -0.39 is 0 Å². The fourth-order valence-corrected chi connectivity index (χ4v) is 4.95. The molecule has 2 aromatic rings. The Morgan fingerprint density at radius 3 is 2.43 bits per heavy atom. The van der Waals surface area contributed by atoms with E-state index >= 15 is 0 Å². The molecule has 0 bridgehead atoms. The number of nitrogens with zero attached hydrogens (tertiary/aromatic N) is 2. The number of hydrogen-bond acceptors (Lipinski definition) is 5. The van der Waals surface area contributed by atoms with Crippen LogP contribution in [-0.4, -0.2) is 56.7 Å². The van der Waals surface area contributed by atoms with Crippen LogP contribution >= 0.6 is 24.8 Å². The third-order valence-corrected chi connectivity index (χ3v) is 6.18. The minimum atomic E-state index is -0.277. The number of halogens is 2. The van der Waals surface area contributed by atoms with Crippen LogP contribution in [0.1, 0.15) is 27.5 Å². The van der Waals surface area contributed by atoms with Crippen molar-refractivity contribution in [3.8, 4) is 5.75 Å². The van der Waals surface area contributed by atoms with Crippen molar-refractivity contribution in [3.63, 3.8) is 0 Å². The molecule has 0 spiro atoms. The number of benzene rings is 2. The molecule has 0 aromatic heterocycles. The molecule has 2 aliphatic rings. The van der Waals surface area contributed by atoms with E-state index in [2.05, 4.69) is 47.2 Å². The summed E-state index contributed by atoms with van der Waals surface area (Å²) >= 11 is 0. The molecule has 4 rings (SSSR count). The van der Waals surface area contributed by atoms with Crippen LogP contribution < -0.4 is 4.74 Å². The van der Waals surface area contributed by atoms with Gasteiger partial charge in [-0.1, -0.05) is 24.3 Å². The van der Waals surface area contributed by atoms with Crippen LogP contribution in [0, 0.1) is 11.8 Å². The number of carbonyl (C=O) groups is 1. The molecule has 0 aliphatic carbocycles. The predicted molar refractivity (Wildman–Crippen MR) is 123 cm³/mol. The van der Waals surface area contributed by atoms with Gasteiger partial charge in [0.1, 0.15) is 5.75 Å². The number of methoxy groups -OCH3 is 2. The van der Waals surface area contributed by atoms with Crippen LogP contribution in [0.15, 0.2) is 48.5 Å². The Labute approximate surface area is 191 Å². The Morgan fingerprint density at radius 2 is 1.77 bits per heavy atom. The Kier molecular flexibility index (Phi) is 8.56. The lowest BCUT2D eigenvalue weighted by Crippen LogP contribution is -2.29. The summed E-state index contributed by atoms with van der Waals surface area (Å²) in [6, 6.07) is 16.7. The molecule has 3 atom stereocenters. The number of ether oxygens (including phenoxy) is 2.